The van der Waals surface area contributed by atoms with Crippen molar-refractivity contribution < 1.29 is 9.32 Å². The standard InChI is InChI=1S/C13H16N4O2/c1-9-12(10(2)19-15-9)13(18)16-7-4-11(8-16)17-6-3-5-14-17/h3,5-6,11H,4,7-8H2,1-2H3. The summed E-state index contributed by atoms with van der Waals surface area (Å²) in [7, 11) is 0. The highest BCUT2D eigenvalue weighted by Crippen LogP contribution is 2.24. The van der Waals surface area contributed by atoms with Gasteiger partial charge in [0.25, 0.3) is 5.91 Å². The van der Waals surface area contributed by atoms with Gasteiger partial charge in [-0.2, -0.15) is 5.10 Å². The van der Waals surface area contributed by atoms with Crippen LogP contribution in [0.2, 0.25) is 0 Å². The molecule has 0 aliphatic carbocycles. The van der Waals surface area contributed by atoms with E-state index in [0.29, 0.717) is 23.6 Å². The lowest BCUT2D eigenvalue weighted by molar-refractivity contribution is 0.0784. The van der Waals surface area contributed by atoms with Gasteiger partial charge in [0.05, 0.1) is 11.7 Å². The SMILES string of the molecule is Cc1noc(C)c1C(=O)N1CCC(n2cccn2)C1. The van der Waals surface area contributed by atoms with Crippen LogP contribution in [-0.4, -0.2) is 38.8 Å². The summed E-state index contributed by atoms with van der Waals surface area (Å²) in [5.74, 6) is 0.593. The predicted molar refractivity (Wildman–Crippen MR) is 67.8 cm³/mol. The van der Waals surface area contributed by atoms with Crippen LogP contribution in [-0.2, 0) is 0 Å². The van der Waals surface area contributed by atoms with Gasteiger partial charge < -0.3 is 9.42 Å². The van der Waals surface area contributed by atoms with Crippen LogP contribution in [0.3, 0.4) is 0 Å². The zero-order chi connectivity index (χ0) is 13.4. The Bertz CT molecular complexity index is 568. The van der Waals surface area contributed by atoms with Crippen LogP contribution in [0.4, 0.5) is 0 Å². The van der Waals surface area contributed by atoms with E-state index in [-0.39, 0.29) is 11.9 Å². The van der Waals surface area contributed by atoms with Gasteiger partial charge in [-0.15, -0.1) is 0 Å². The molecular weight excluding hydrogens is 244 g/mol. The fraction of sp³-hybridized carbons (Fsp3) is 0.462. The molecule has 1 atom stereocenters. The molecule has 0 aromatic carbocycles. The summed E-state index contributed by atoms with van der Waals surface area (Å²) < 4.78 is 6.98. The van der Waals surface area contributed by atoms with Crippen LogP contribution >= 0.6 is 0 Å². The number of amides is 1. The molecule has 19 heavy (non-hydrogen) atoms. The molecule has 100 valence electrons. The number of rotatable bonds is 2. The Kier molecular flexibility index (Phi) is 2.85. The monoisotopic (exact) mass is 260 g/mol. The molecular formula is C13H16N4O2. The Morgan fingerprint density at radius 2 is 2.32 bits per heavy atom. The molecule has 0 radical (unpaired) electrons. The van der Waals surface area contributed by atoms with Crippen molar-refractivity contribution in [3.63, 3.8) is 0 Å². The lowest BCUT2D eigenvalue weighted by atomic mass is 10.2. The van der Waals surface area contributed by atoms with E-state index in [1.807, 2.05) is 21.8 Å². The maximum atomic E-state index is 12.5. The summed E-state index contributed by atoms with van der Waals surface area (Å²) in [6.45, 7) is 5.00. The minimum absolute atomic E-state index is 0.00547. The van der Waals surface area contributed by atoms with Crippen molar-refractivity contribution in [2.75, 3.05) is 13.1 Å². The lowest BCUT2D eigenvalue weighted by Gasteiger charge is -2.16. The van der Waals surface area contributed by atoms with E-state index >= 15 is 0 Å². The smallest absolute Gasteiger partial charge is 0.259 e. The van der Waals surface area contributed by atoms with Gasteiger partial charge in [-0.3, -0.25) is 9.48 Å². The van der Waals surface area contributed by atoms with Crippen molar-refractivity contribution >= 4 is 5.91 Å². The highest BCUT2D eigenvalue weighted by atomic mass is 16.5. The minimum atomic E-state index is 0.00547. The largest absolute Gasteiger partial charge is 0.361 e. The second-order valence-corrected chi connectivity index (χ2v) is 4.88. The first-order valence-corrected chi connectivity index (χ1v) is 6.38. The molecule has 0 N–H and O–H groups in total. The summed E-state index contributed by atoms with van der Waals surface area (Å²) >= 11 is 0. The summed E-state index contributed by atoms with van der Waals surface area (Å²) in [6.07, 6.45) is 4.63. The number of aromatic nitrogens is 3. The van der Waals surface area contributed by atoms with E-state index in [9.17, 15) is 4.79 Å². The van der Waals surface area contributed by atoms with Crippen molar-refractivity contribution in [2.45, 2.75) is 26.3 Å². The number of hydrogen-bond acceptors (Lipinski definition) is 4. The molecule has 3 rings (SSSR count). The van der Waals surface area contributed by atoms with Crippen molar-refractivity contribution in [1.29, 1.82) is 0 Å². The Balaban J connectivity index is 1.76. The average molecular weight is 260 g/mol. The fourth-order valence-electron chi connectivity index (χ4n) is 2.59. The molecule has 6 heteroatoms. The number of carbonyl (C=O) groups is 1. The molecule has 1 unspecified atom stereocenters. The first kappa shape index (κ1) is 12.0. The first-order chi connectivity index (χ1) is 9.16. The molecule has 1 aliphatic heterocycles. The third kappa shape index (κ3) is 2.03. The zero-order valence-electron chi connectivity index (χ0n) is 11.0. The summed E-state index contributed by atoms with van der Waals surface area (Å²) in [5, 5.41) is 8.08. The molecule has 1 amide bonds. The Morgan fingerprint density at radius 1 is 1.47 bits per heavy atom. The summed E-state index contributed by atoms with van der Waals surface area (Å²) in [4.78, 5) is 14.3. The molecule has 1 fully saturated rings. The number of hydrogen-bond donors (Lipinski definition) is 0. The normalized spacial score (nSPS) is 19.1. The third-order valence-electron chi connectivity index (χ3n) is 3.60. The van der Waals surface area contributed by atoms with Gasteiger partial charge in [-0.25, -0.2) is 0 Å². The van der Waals surface area contributed by atoms with Gasteiger partial charge in [0.2, 0.25) is 0 Å². The maximum Gasteiger partial charge on any atom is 0.259 e. The Morgan fingerprint density at radius 3 is 2.95 bits per heavy atom. The molecule has 0 bridgehead atoms. The van der Waals surface area contributed by atoms with E-state index in [1.165, 1.54) is 0 Å². The second kappa shape index (κ2) is 4.53. The summed E-state index contributed by atoms with van der Waals surface area (Å²) in [5.41, 5.74) is 1.26. The van der Waals surface area contributed by atoms with Crippen LogP contribution in [0.5, 0.6) is 0 Å². The topological polar surface area (TPSA) is 64.2 Å². The van der Waals surface area contributed by atoms with Crippen LogP contribution in [0.15, 0.2) is 23.0 Å². The number of likely N-dealkylation sites (tertiary alicyclic amines) is 1. The van der Waals surface area contributed by atoms with E-state index < -0.39 is 0 Å². The molecule has 1 aliphatic rings. The van der Waals surface area contributed by atoms with Crippen molar-refractivity contribution in [3.05, 3.63) is 35.5 Å². The molecule has 1 saturated heterocycles. The molecule has 3 heterocycles. The zero-order valence-corrected chi connectivity index (χ0v) is 11.0. The molecule has 2 aromatic rings. The predicted octanol–water partition coefficient (Wildman–Crippen LogP) is 1.58. The average Bonchev–Trinajstić information content (AvgIpc) is 3.09. The quantitative estimate of drug-likeness (QED) is 0.822. The Labute approximate surface area is 111 Å². The molecule has 0 saturated carbocycles. The van der Waals surface area contributed by atoms with Crippen molar-refractivity contribution in [3.8, 4) is 0 Å². The molecule has 0 spiro atoms. The first-order valence-electron chi connectivity index (χ1n) is 6.38. The van der Waals surface area contributed by atoms with E-state index in [0.717, 1.165) is 13.0 Å². The van der Waals surface area contributed by atoms with Gasteiger partial charge in [-0.1, -0.05) is 5.16 Å². The number of aryl methyl sites for hydroxylation is 2. The van der Waals surface area contributed by atoms with E-state index in [1.54, 1.807) is 20.0 Å². The minimum Gasteiger partial charge on any atom is -0.361 e. The summed E-state index contributed by atoms with van der Waals surface area (Å²) in [6, 6.07) is 2.16. The maximum absolute atomic E-state index is 12.5. The Hall–Kier alpha value is -2.11. The van der Waals surface area contributed by atoms with Gasteiger partial charge in [-0.05, 0) is 26.3 Å². The van der Waals surface area contributed by atoms with E-state index in [4.69, 9.17) is 4.52 Å². The fourth-order valence-corrected chi connectivity index (χ4v) is 2.59. The third-order valence-corrected chi connectivity index (χ3v) is 3.60. The number of carbonyl (C=O) groups excluding carboxylic acids is 1. The van der Waals surface area contributed by atoms with Crippen molar-refractivity contribution in [2.24, 2.45) is 0 Å². The van der Waals surface area contributed by atoms with Gasteiger partial charge in [0.15, 0.2) is 0 Å². The van der Waals surface area contributed by atoms with Gasteiger partial charge in [0.1, 0.15) is 11.3 Å². The second-order valence-electron chi connectivity index (χ2n) is 4.88. The van der Waals surface area contributed by atoms with Crippen molar-refractivity contribution in [1.82, 2.24) is 19.8 Å². The van der Waals surface area contributed by atoms with Gasteiger partial charge >= 0.3 is 0 Å². The molecule has 6 nitrogen and oxygen atoms in total. The lowest BCUT2D eigenvalue weighted by Crippen LogP contribution is -2.29. The van der Waals surface area contributed by atoms with Crippen LogP contribution in [0, 0.1) is 13.8 Å². The van der Waals surface area contributed by atoms with E-state index in [2.05, 4.69) is 10.3 Å². The molecule has 2 aromatic heterocycles. The highest BCUT2D eigenvalue weighted by Gasteiger charge is 2.31. The van der Waals surface area contributed by atoms with Crippen LogP contribution in [0.25, 0.3) is 0 Å². The number of nitrogens with zero attached hydrogens (tertiary/aromatic N) is 4. The van der Waals surface area contributed by atoms with Crippen LogP contribution < -0.4 is 0 Å². The van der Waals surface area contributed by atoms with Crippen LogP contribution in [0.1, 0.15) is 34.3 Å². The highest BCUT2D eigenvalue weighted by molar-refractivity contribution is 5.96. The van der Waals surface area contributed by atoms with Gasteiger partial charge in [0, 0.05) is 25.5 Å².